The topological polar surface area (TPSA) is 75.1 Å². The van der Waals surface area contributed by atoms with Gasteiger partial charge in [-0.1, -0.05) is 109 Å². The molecule has 0 fully saturated rings. The second-order valence-electron chi connectivity index (χ2n) is 7.01. The van der Waals surface area contributed by atoms with Crippen LogP contribution in [0.3, 0.4) is 0 Å². The Balaban J connectivity index is 1.44. The third-order valence-electron chi connectivity index (χ3n) is 4.84. The Morgan fingerprint density at radius 2 is 1.06 bits per heavy atom. The standard InChI is InChI=1S/C27H23N5/c28-27(31-29-19-23-15-7-9-17-25(23)21-11-3-1-4-12-21)32-30-20-24-16-8-10-18-26(24)22-13-5-2-6-14-22/h1-20H,(H3,28,31,32). The molecule has 0 aliphatic carbocycles. The van der Waals surface area contributed by atoms with Crippen LogP contribution in [0, 0.1) is 0 Å². The number of rotatable bonds is 6. The first-order valence-electron chi connectivity index (χ1n) is 10.3. The quantitative estimate of drug-likeness (QED) is 0.254. The summed E-state index contributed by atoms with van der Waals surface area (Å²) in [7, 11) is 0. The van der Waals surface area contributed by atoms with Crippen LogP contribution in [-0.2, 0) is 0 Å². The first-order chi connectivity index (χ1) is 15.8. The van der Waals surface area contributed by atoms with Crippen molar-refractivity contribution in [2.24, 2.45) is 21.0 Å². The van der Waals surface area contributed by atoms with Crippen LogP contribution in [0.15, 0.2) is 124 Å². The fourth-order valence-corrected chi connectivity index (χ4v) is 3.32. The normalized spacial score (nSPS) is 11.8. The first kappa shape index (κ1) is 20.8. The molecule has 5 heteroatoms. The van der Waals surface area contributed by atoms with Crippen molar-refractivity contribution in [3.63, 3.8) is 0 Å². The van der Waals surface area contributed by atoms with Crippen molar-refractivity contribution < 1.29 is 0 Å². The molecule has 5 nitrogen and oxygen atoms in total. The van der Waals surface area contributed by atoms with E-state index in [1.165, 1.54) is 0 Å². The van der Waals surface area contributed by atoms with Gasteiger partial charge in [0, 0.05) is 11.1 Å². The van der Waals surface area contributed by atoms with Crippen LogP contribution in [0.25, 0.3) is 22.3 Å². The summed E-state index contributed by atoms with van der Waals surface area (Å²) in [6, 6.07) is 36.3. The highest BCUT2D eigenvalue weighted by Crippen LogP contribution is 2.23. The number of hydrogen-bond donors (Lipinski definition) is 2. The van der Waals surface area contributed by atoms with E-state index in [1.807, 2.05) is 72.8 Å². The van der Waals surface area contributed by atoms with Gasteiger partial charge in [0.05, 0.1) is 12.4 Å². The number of guanidine groups is 1. The van der Waals surface area contributed by atoms with Gasteiger partial charge in [-0.15, -0.1) is 5.10 Å². The Bertz CT molecular complexity index is 1250. The van der Waals surface area contributed by atoms with Crippen LogP contribution in [0.1, 0.15) is 11.1 Å². The number of nitrogens with two attached hydrogens (primary N) is 1. The lowest BCUT2D eigenvalue weighted by Crippen LogP contribution is -2.26. The Hall–Kier alpha value is -4.51. The largest absolute Gasteiger partial charge is 0.367 e. The summed E-state index contributed by atoms with van der Waals surface area (Å²) < 4.78 is 0. The maximum atomic E-state index is 5.91. The molecule has 0 heterocycles. The molecular formula is C27H23N5. The molecule has 0 amide bonds. The number of hydrogen-bond acceptors (Lipinski definition) is 3. The predicted octanol–water partition coefficient (Wildman–Crippen LogP) is 5.29. The number of nitrogens with one attached hydrogen (secondary N) is 1. The van der Waals surface area contributed by atoms with Gasteiger partial charge in [0.25, 0.3) is 0 Å². The van der Waals surface area contributed by atoms with E-state index >= 15 is 0 Å². The van der Waals surface area contributed by atoms with Crippen LogP contribution < -0.4 is 11.2 Å². The highest BCUT2D eigenvalue weighted by molar-refractivity contribution is 5.92. The van der Waals surface area contributed by atoms with E-state index in [9.17, 15) is 0 Å². The van der Waals surface area contributed by atoms with Crippen LogP contribution >= 0.6 is 0 Å². The van der Waals surface area contributed by atoms with E-state index in [2.05, 4.69) is 57.1 Å². The van der Waals surface area contributed by atoms with E-state index in [1.54, 1.807) is 12.4 Å². The zero-order valence-corrected chi connectivity index (χ0v) is 17.5. The van der Waals surface area contributed by atoms with Crippen molar-refractivity contribution in [1.29, 1.82) is 0 Å². The smallest absolute Gasteiger partial charge is 0.234 e. The van der Waals surface area contributed by atoms with Crippen molar-refractivity contribution in [2.45, 2.75) is 0 Å². The van der Waals surface area contributed by atoms with E-state index < -0.39 is 0 Å². The minimum atomic E-state index is 0.104. The zero-order valence-electron chi connectivity index (χ0n) is 17.5. The number of hydrazone groups is 1. The van der Waals surface area contributed by atoms with Gasteiger partial charge in [-0.2, -0.15) is 10.2 Å². The van der Waals surface area contributed by atoms with Gasteiger partial charge >= 0.3 is 0 Å². The van der Waals surface area contributed by atoms with Crippen LogP contribution in [0.4, 0.5) is 0 Å². The van der Waals surface area contributed by atoms with E-state index in [0.29, 0.717) is 0 Å². The predicted molar refractivity (Wildman–Crippen MR) is 134 cm³/mol. The SMILES string of the molecule is NC(=NN=Cc1ccccc1-c1ccccc1)NN=Cc1ccccc1-c1ccccc1. The van der Waals surface area contributed by atoms with Crippen molar-refractivity contribution >= 4 is 18.4 Å². The lowest BCUT2D eigenvalue weighted by Gasteiger charge is -2.05. The molecule has 0 bridgehead atoms. The Kier molecular flexibility index (Phi) is 6.81. The molecule has 0 atom stereocenters. The molecule has 0 aliphatic rings. The van der Waals surface area contributed by atoms with Gasteiger partial charge < -0.3 is 5.73 Å². The average Bonchev–Trinajstić information content (AvgIpc) is 2.86. The lowest BCUT2D eigenvalue weighted by atomic mass is 10.0. The van der Waals surface area contributed by atoms with Crippen molar-refractivity contribution in [3.05, 3.63) is 120 Å². The fraction of sp³-hybridized carbons (Fsp3) is 0. The second kappa shape index (κ2) is 10.5. The minimum Gasteiger partial charge on any atom is -0.367 e. The fourth-order valence-electron chi connectivity index (χ4n) is 3.32. The van der Waals surface area contributed by atoms with Crippen LogP contribution in [0.5, 0.6) is 0 Å². The van der Waals surface area contributed by atoms with E-state index in [-0.39, 0.29) is 5.96 Å². The number of nitrogens with zero attached hydrogens (tertiary/aromatic N) is 3. The molecule has 0 spiro atoms. The molecule has 0 unspecified atom stereocenters. The first-order valence-corrected chi connectivity index (χ1v) is 10.3. The van der Waals surface area contributed by atoms with Gasteiger partial charge in [0.2, 0.25) is 5.96 Å². The Morgan fingerprint density at radius 1 is 0.594 bits per heavy atom. The summed E-state index contributed by atoms with van der Waals surface area (Å²) in [6.45, 7) is 0. The van der Waals surface area contributed by atoms with Gasteiger partial charge in [-0.25, -0.2) is 5.43 Å². The maximum absolute atomic E-state index is 5.91. The molecule has 0 aliphatic heterocycles. The van der Waals surface area contributed by atoms with E-state index in [0.717, 1.165) is 33.4 Å². The van der Waals surface area contributed by atoms with Gasteiger partial charge in [-0.05, 0) is 22.3 Å². The maximum Gasteiger partial charge on any atom is 0.234 e. The van der Waals surface area contributed by atoms with Crippen molar-refractivity contribution in [3.8, 4) is 22.3 Å². The van der Waals surface area contributed by atoms with Crippen molar-refractivity contribution in [1.82, 2.24) is 5.43 Å². The molecule has 0 saturated heterocycles. The number of benzene rings is 4. The minimum absolute atomic E-state index is 0.104. The highest BCUT2D eigenvalue weighted by atomic mass is 15.4. The molecule has 4 aromatic carbocycles. The summed E-state index contributed by atoms with van der Waals surface area (Å²) >= 11 is 0. The van der Waals surface area contributed by atoms with Gasteiger partial charge in [0.1, 0.15) is 0 Å². The molecule has 4 rings (SSSR count). The molecule has 0 radical (unpaired) electrons. The molecule has 32 heavy (non-hydrogen) atoms. The third-order valence-corrected chi connectivity index (χ3v) is 4.84. The van der Waals surface area contributed by atoms with Crippen molar-refractivity contribution in [2.75, 3.05) is 0 Å². The molecule has 3 N–H and O–H groups in total. The summed E-state index contributed by atoms with van der Waals surface area (Å²) in [5.74, 6) is 0.104. The third kappa shape index (κ3) is 5.34. The molecule has 0 saturated carbocycles. The summed E-state index contributed by atoms with van der Waals surface area (Å²) in [5.41, 5.74) is 15.0. The zero-order chi connectivity index (χ0) is 22.0. The van der Waals surface area contributed by atoms with Crippen LogP contribution in [0.2, 0.25) is 0 Å². The summed E-state index contributed by atoms with van der Waals surface area (Å²) in [6.07, 6.45) is 3.41. The monoisotopic (exact) mass is 417 g/mol. The average molecular weight is 418 g/mol. The second-order valence-corrected chi connectivity index (χ2v) is 7.01. The summed E-state index contributed by atoms with van der Waals surface area (Å²) in [5, 5.41) is 12.3. The highest BCUT2D eigenvalue weighted by Gasteiger charge is 2.02. The molecule has 156 valence electrons. The van der Waals surface area contributed by atoms with Gasteiger partial charge in [-0.3, -0.25) is 0 Å². The Labute approximate surface area is 187 Å². The van der Waals surface area contributed by atoms with Gasteiger partial charge in [0.15, 0.2) is 0 Å². The van der Waals surface area contributed by atoms with Crippen LogP contribution in [-0.4, -0.2) is 18.4 Å². The summed E-state index contributed by atoms with van der Waals surface area (Å²) in [4.78, 5) is 0. The van der Waals surface area contributed by atoms with E-state index in [4.69, 9.17) is 5.73 Å². The lowest BCUT2D eigenvalue weighted by molar-refractivity contribution is 0.994. The molecule has 0 aromatic heterocycles. The Morgan fingerprint density at radius 3 is 1.62 bits per heavy atom. The molecule has 4 aromatic rings. The molecular weight excluding hydrogens is 394 g/mol.